The van der Waals surface area contributed by atoms with E-state index in [0.29, 0.717) is 5.82 Å². The van der Waals surface area contributed by atoms with E-state index in [4.69, 9.17) is 24.9 Å². The van der Waals surface area contributed by atoms with E-state index < -0.39 is 0 Å². The zero-order chi connectivity index (χ0) is 30.5. The highest BCUT2D eigenvalue weighted by atomic mass is 14.9. The van der Waals surface area contributed by atoms with E-state index in [0.717, 1.165) is 82.8 Å². The molecule has 0 amide bonds. The zero-order valence-corrected chi connectivity index (χ0v) is 24.7. The third-order valence-electron chi connectivity index (χ3n) is 8.53. The van der Waals surface area contributed by atoms with Crippen LogP contribution in [0.4, 0.5) is 0 Å². The Labute approximate surface area is 264 Å². The number of benzene rings is 5. The van der Waals surface area contributed by atoms with E-state index in [9.17, 15) is 0 Å². The summed E-state index contributed by atoms with van der Waals surface area (Å²) in [5.74, 6) is 0.661. The molecule has 9 aromatic rings. The van der Waals surface area contributed by atoms with Gasteiger partial charge >= 0.3 is 0 Å². The minimum absolute atomic E-state index is 0.661. The van der Waals surface area contributed by atoms with Crippen molar-refractivity contribution in [2.75, 3.05) is 0 Å². The van der Waals surface area contributed by atoms with Crippen molar-refractivity contribution < 1.29 is 0 Å². The Kier molecular flexibility index (Phi) is 6.06. The number of hydrogen-bond acceptors (Lipinski definition) is 5. The van der Waals surface area contributed by atoms with Crippen molar-refractivity contribution in [3.05, 3.63) is 152 Å². The van der Waals surface area contributed by atoms with Crippen molar-refractivity contribution in [1.82, 2.24) is 24.9 Å². The minimum Gasteiger partial charge on any atom is -0.254 e. The Bertz CT molecular complexity index is 2520. The molecule has 4 aromatic heterocycles. The first kappa shape index (κ1) is 26.1. The molecule has 0 unspecified atom stereocenters. The average molecular weight is 588 g/mol. The molecule has 4 heterocycles. The highest BCUT2D eigenvalue weighted by Gasteiger charge is 2.17. The fraction of sp³-hybridized carbons (Fsp3) is 0. The molecule has 0 aliphatic carbocycles. The molecule has 0 spiro atoms. The molecule has 0 aliphatic heterocycles. The lowest BCUT2D eigenvalue weighted by Crippen LogP contribution is -1.97. The maximum Gasteiger partial charge on any atom is 0.160 e. The molecule has 46 heavy (non-hydrogen) atoms. The van der Waals surface area contributed by atoms with Crippen LogP contribution in [-0.4, -0.2) is 24.9 Å². The molecule has 5 nitrogen and oxygen atoms in total. The summed E-state index contributed by atoms with van der Waals surface area (Å²) in [6.07, 6.45) is 3.80. The molecular formula is C41H25N5. The number of hydrogen-bond donors (Lipinski definition) is 0. The number of nitrogens with zero attached hydrogens (tertiary/aromatic N) is 5. The van der Waals surface area contributed by atoms with Gasteiger partial charge in [0.15, 0.2) is 5.82 Å². The van der Waals surface area contributed by atoms with Crippen molar-refractivity contribution in [3.63, 3.8) is 0 Å². The van der Waals surface area contributed by atoms with Crippen LogP contribution in [0.3, 0.4) is 0 Å². The van der Waals surface area contributed by atoms with Gasteiger partial charge in [0, 0.05) is 61.6 Å². The van der Waals surface area contributed by atoms with Crippen LogP contribution >= 0.6 is 0 Å². The second-order valence-corrected chi connectivity index (χ2v) is 11.3. The second-order valence-electron chi connectivity index (χ2n) is 11.3. The van der Waals surface area contributed by atoms with Gasteiger partial charge in [-0.3, -0.25) is 9.97 Å². The first-order valence-electron chi connectivity index (χ1n) is 15.3. The van der Waals surface area contributed by atoms with Crippen molar-refractivity contribution >= 4 is 43.5 Å². The lowest BCUT2D eigenvalue weighted by atomic mass is 9.96. The summed E-state index contributed by atoms with van der Waals surface area (Å²) >= 11 is 0. The lowest BCUT2D eigenvalue weighted by Gasteiger charge is -2.14. The number of pyridine rings is 3. The van der Waals surface area contributed by atoms with E-state index in [2.05, 4.69) is 91.0 Å². The minimum atomic E-state index is 0.661. The van der Waals surface area contributed by atoms with Gasteiger partial charge < -0.3 is 0 Å². The van der Waals surface area contributed by atoms with Gasteiger partial charge in [0.05, 0.1) is 33.6 Å². The van der Waals surface area contributed by atoms with Gasteiger partial charge in [-0.15, -0.1) is 0 Å². The quantitative estimate of drug-likeness (QED) is 0.192. The van der Waals surface area contributed by atoms with Crippen LogP contribution in [0, 0.1) is 0 Å². The van der Waals surface area contributed by atoms with E-state index in [1.807, 2.05) is 60.9 Å². The standard InChI is InChI=1S/C41H25N5/c1-3-11-26(12-4-1)35-24-36(27-13-5-2-6-14-27)46-41(45-35)30-16-9-15-29(23-30)38-37-32-21-20-28-17-10-22-42-39(28)40(32)43-25-33(37)31-18-7-8-19-34(31)44-38/h1-25H. The third-order valence-corrected chi connectivity index (χ3v) is 8.53. The molecule has 0 atom stereocenters. The monoisotopic (exact) mass is 587 g/mol. The Balaban J connectivity index is 1.30. The summed E-state index contributed by atoms with van der Waals surface area (Å²) in [7, 11) is 0. The van der Waals surface area contributed by atoms with Crippen LogP contribution in [0.1, 0.15) is 0 Å². The van der Waals surface area contributed by atoms with Crippen molar-refractivity contribution in [2.45, 2.75) is 0 Å². The van der Waals surface area contributed by atoms with Gasteiger partial charge in [-0.2, -0.15) is 0 Å². The summed E-state index contributed by atoms with van der Waals surface area (Å²) in [4.78, 5) is 25.1. The molecule has 0 aliphatic rings. The van der Waals surface area contributed by atoms with Gasteiger partial charge in [-0.1, -0.05) is 115 Å². The molecular weight excluding hydrogens is 562 g/mol. The summed E-state index contributed by atoms with van der Waals surface area (Å²) < 4.78 is 0. The summed E-state index contributed by atoms with van der Waals surface area (Å²) in [6.45, 7) is 0. The number of para-hydroxylation sites is 1. The van der Waals surface area contributed by atoms with Gasteiger partial charge in [0.1, 0.15) is 0 Å². The molecule has 0 bridgehead atoms. The van der Waals surface area contributed by atoms with Gasteiger partial charge in [-0.25, -0.2) is 15.0 Å². The Morgan fingerprint density at radius 3 is 1.89 bits per heavy atom. The van der Waals surface area contributed by atoms with Crippen LogP contribution in [0.2, 0.25) is 0 Å². The molecule has 9 rings (SSSR count). The van der Waals surface area contributed by atoms with E-state index in [-0.39, 0.29) is 0 Å². The Morgan fingerprint density at radius 2 is 1.11 bits per heavy atom. The highest BCUT2D eigenvalue weighted by molar-refractivity contribution is 6.23. The molecule has 0 saturated carbocycles. The van der Waals surface area contributed by atoms with Crippen molar-refractivity contribution in [2.24, 2.45) is 0 Å². The molecule has 5 heteroatoms. The third kappa shape index (κ3) is 4.37. The fourth-order valence-electron chi connectivity index (χ4n) is 6.34. The lowest BCUT2D eigenvalue weighted by molar-refractivity contribution is 1.18. The first-order chi connectivity index (χ1) is 22.8. The Hall–Kier alpha value is -6.33. The second kappa shape index (κ2) is 10.7. The molecule has 0 saturated heterocycles. The zero-order valence-electron chi connectivity index (χ0n) is 24.7. The Morgan fingerprint density at radius 1 is 0.413 bits per heavy atom. The van der Waals surface area contributed by atoms with Crippen molar-refractivity contribution in [3.8, 4) is 45.2 Å². The van der Waals surface area contributed by atoms with Crippen LogP contribution in [0.15, 0.2) is 152 Å². The summed E-state index contributed by atoms with van der Waals surface area (Å²) in [5.41, 5.74) is 9.30. The van der Waals surface area contributed by atoms with Gasteiger partial charge in [0.2, 0.25) is 0 Å². The van der Waals surface area contributed by atoms with Crippen LogP contribution in [-0.2, 0) is 0 Å². The largest absolute Gasteiger partial charge is 0.254 e. The van der Waals surface area contributed by atoms with Gasteiger partial charge in [0.25, 0.3) is 0 Å². The predicted octanol–water partition coefficient (Wildman–Crippen LogP) is 9.94. The van der Waals surface area contributed by atoms with E-state index in [1.54, 1.807) is 0 Å². The number of rotatable bonds is 4. The average Bonchev–Trinajstić information content (AvgIpc) is 3.14. The molecule has 0 fully saturated rings. The van der Waals surface area contributed by atoms with Crippen LogP contribution in [0.25, 0.3) is 88.6 Å². The highest BCUT2D eigenvalue weighted by Crippen LogP contribution is 2.39. The predicted molar refractivity (Wildman–Crippen MR) is 187 cm³/mol. The number of fused-ring (bicyclic) bond motifs is 7. The van der Waals surface area contributed by atoms with Crippen LogP contribution in [0.5, 0.6) is 0 Å². The normalized spacial score (nSPS) is 11.5. The maximum absolute atomic E-state index is 5.28. The first-order valence-corrected chi connectivity index (χ1v) is 15.3. The smallest absolute Gasteiger partial charge is 0.160 e. The van der Waals surface area contributed by atoms with Gasteiger partial charge in [-0.05, 0) is 24.3 Å². The van der Waals surface area contributed by atoms with E-state index >= 15 is 0 Å². The molecule has 0 radical (unpaired) electrons. The van der Waals surface area contributed by atoms with Crippen LogP contribution < -0.4 is 0 Å². The summed E-state index contributed by atoms with van der Waals surface area (Å²) in [6, 6.07) is 47.5. The topological polar surface area (TPSA) is 64.5 Å². The maximum atomic E-state index is 5.28. The fourth-order valence-corrected chi connectivity index (χ4v) is 6.34. The molecule has 0 N–H and O–H groups in total. The summed E-state index contributed by atoms with van der Waals surface area (Å²) in [5, 5.41) is 5.26. The van der Waals surface area contributed by atoms with Crippen molar-refractivity contribution in [1.29, 1.82) is 0 Å². The molecule has 5 aromatic carbocycles. The molecule has 214 valence electrons. The van der Waals surface area contributed by atoms with E-state index in [1.165, 1.54) is 0 Å². The number of aromatic nitrogens is 5. The SMILES string of the molecule is c1ccc(-c2cc(-c3ccccc3)nc(-c3cccc(-c4nc5ccccc5c5cnc6c(ccc7cccnc76)c45)c3)n2)cc1.